The Morgan fingerprint density at radius 2 is 1.81 bits per heavy atom. The summed E-state index contributed by atoms with van der Waals surface area (Å²) in [6.07, 6.45) is 2.46. The summed E-state index contributed by atoms with van der Waals surface area (Å²) >= 11 is 6.42. The van der Waals surface area contributed by atoms with Gasteiger partial charge in [-0.3, -0.25) is 0 Å². The molecule has 2 aromatic carbocycles. The van der Waals surface area contributed by atoms with E-state index in [1.807, 2.05) is 6.07 Å². The van der Waals surface area contributed by atoms with E-state index in [1.54, 1.807) is 6.20 Å². The highest BCUT2D eigenvalue weighted by Gasteiger charge is 2.16. The number of aryl methyl sites for hydroxylation is 1. The van der Waals surface area contributed by atoms with Crippen molar-refractivity contribution in [2.45, 2.75) is 26.2 Å². The molecule has 0 unspecified atom stereocenters. The van der Waals surface area contributed by atoms with Crippen LogP contribution in [0.15, 0.2) is 54.7 Å². The van der Waals surface area contributed by atoms with Gasteiger partial charge < -0.3 is 15.1 Å². The van der Waals surface area contributed by atoms with E-state index >= 15 is 0 Å². The molecule has 1 saturated heterocycles. The van der Waals surface area contributed by atoms with Crippen molar-refractivity contribution in [3.63, 3.8) is 0 Å². The molecule has 162 valence electrons. The molecule has 1 aliphatic rings. The number of hydrogen-bond acceptors (Lipinski definition) is 5. The van der Waals surface area contributed by atoms with Gasteiger partial charge in [-0.2, -0.15) is 0 Å². The highest BCUT2D eigenvalue weighted by atomic mass is 35.5. The fourth-order valence-electron chi connectivity index (χ4n) is 3.97. The number of rotatable bonds is 6. The Hall–Kier alpha value is -2.63. The number of piperazine rings is 1. The van der Waals surface area contributed by atoms with Crippen molar-refractivity contribution in [2.75, 3.05) is 43.4 Å². The first kappa shape index (κ1) is 21.6. The van der Waals surface area contributed by atoms with Gasteiger partial charge in [-0.05, 0) is 55.6 Å². The standard InChI is InChI=1S/C25H30ClN5/c1-18(20-7-5-4-6-8-20)16-24-22(26)17-27-25(29-24)28-23-10-9-21(15-19(23)2)31-13-11-30(3)12-14-31/h4-10,15,17-18H,11-14,16H2,1-3H3,(H,27,28,29)/t18-/m0/s1. The molecule has 0 aliphatic carbocycles. The molecule has 31 heavy (non-hydrogen) atoms. The van der Waals surface area contributed by atoms with E-state index in [0.29, 0.717) is 16.9 Å². The zero-order valence-electron chi connectivity index (χ0n) is 18.5. The van der Waals surface area contributed by atoms with Crippen molar-refractivity contribution in [3.05, 3.63) is 76.6 Å². The number of halogens is 1. The Bertz CT molecular complexity index is 1020. The van der Waals surface area contributed by atoms with Crippen molar-refractivity contribution in [3.8, 4) is 0 Å². The van der Waals surface area contributed by atoms with Gasteiger partial charge in [-0.25, -0.2) is 9.97 Å². The molecular formula is C25H30ClN5. The molecule has 0 radical (unpaired) electrons. The molecular weight excluding hydrogens is 406 g/mol. The molecule has 1 N–H and O–H groups in total. The first-order chi connectivity index (χ1) is 15.0. The monoisotopic (exact) mass is 435 g/mol. The van der Waals surface area contributed by atoms with Crippen LogP contribution in [0.3, 0.4) is 0 Å². The van der Waals surface area contributed by atoms with Crippen LogP contribution >= 0.6 is 11.6 Å². The second-order valence-electron chi connectivity index (χ2n) is 8.42. The Morgan fingerprint density at radius 3 is 2.52 bits per heavy atom. The van der Waals surface area contributed by atoms with Gasteiger partial charge in [0, 0.05) is 37.6 Å². The predicted molar refractivity (Wildman–Crippen MR) is 130 cm³/mol. The van der Waals surface area contributed by atoms with Crippen molar-refractivity contribution in [2.24, 2.45) is 0 Å². The number of nitrogens with zero attached hydrogens (tertiary/aromatic N) is 4. The lowest BCUT2D eigenvalue weighted by Crippen LogP contribution is -2.44. The fraction of sp³-hybridized carbons (Fsp3) is 0.360. The summed E-state index contributed by atoms with van der Waals surface area (Å²) in [6.45, 7) is 8.64. The minimum atomic E-state index is 0.325. The van der Waals surface area contributed by atoms with Crippen LogP contribution in [0.25, 0.3) is 0 Å². The maximum Gasteiger partial charge on any atom is 0.227 e. The minimum Gasteiger partial charge on any atom is -0.369 e. The molecule has 1 atom stereocenters. The van der Waals surface area contributed by atoms with Gasteiger partial charge in [0.15, 0.2) is 0 Å². The summed E-state index contributed by atoms with van der Waals surface area (Å²) in [5.41, 5.74) is 5.60. The van der Waals surface area contributed by atoms with Crippen molar-refractivity contribution < 1.29 is 0 Å². The fourth-order valence-corrected chi connectivity index (χ4v) is 4.13. The van der Waals surface area contributed by atoms with Crippen molar-refractivity contribution in [1.82, 2.24) is 14.9 Å². The van der Waals surface area contributed by atoms with Crippen LogP contribution in [-0.4, -0.2) is 48.1 Å². The van der Waals surface area contributed by atoms with E-state index < -0.39 is 0 Å². The summed E-state index contributed by atoms with van der Waals surface area (Å²) in [4.78, 5) is 13.9. The smallest absolute Gasteiger partial charge is 0.227 e. The maximum absolute atomic E-state index is 6.42. The molecule has 1 aromatic heterocycles. The van der Waals surface area contributed by atoms with Crippen molar-refractivity contribution in [1.29, 1.82) is 0 Å². The molecule has 3 aromatic rings. The number of aromatic nitrogens is 2. The number of benzene rings is 2. The summed E-state index contributed by atoms with van der Waals surface area (Å²) in [5.74, 6) is 0.904. The average molecular weight is 436 g/mol. The molecule has 5 nitrogen and oxygen atoms in total. The van der Waals surface area contributed by atoms with Crippen LogP contribution in [0.2, 0.25) is 5.02 Å². The molecule has 2 heterocycles. The van der Waals surface area contributed by atoms with Gasteiger partial charge in [0.05, 0.1) is 16.9 Å². The minimum absolute atomic E-state index is 0.325. The van der Waals surface area contributed by atoms with E-state index in [9.17, 15) is 0 Å². The Balaban J connectivity index is 1.47. The van der Waals surface area contributed by atoms with Gasteiger partial charge >= 0.3 is 0 Å². The summed E-state index contributed by atoms with van der Waals surface area (Å²) in [5, 5.41) is 3.99. The topological polar surface area (TPSA) is 44.3 Å². The lowest BCUT2D eigenvalue weighted by atomic mass is 9.96. The molecule has 6 heteroatoms. The van der Waals surface area contributed by atoms with Crippen LogP contribution in [0.4, 0.5) is 17.3 Å². The number of likely N-dealkylation sites (N-methyl/N-ethyl adjacent to an activating group) is 1. The average Bonchev–Trinajstić information content (AvgIpc) is 2.78. The first-order valence-corrected chi connectivity index (χ1v) is 11.2. The van der Waals surface area contributed by atoms with Crippen molar-refractivity contribution >= 4 is 28.9 Å². The number of nitrogens with one attached hydrogen (secondary N) is 1. The summed E-state index contributed by atoms with van der Waals surface area (Å²) in [6, 6.07) is 17.0. The second-order valence-corrected chi connectivity index (χ2v) is 8.83. The van der Waals surface area contributed by atoms with Crippen LogP contribution in [0, 0.1) is 6.92 Å². The third-order valence-electron chi connectivity index (χ3n) is 6.01. The van der Waals surface area contributed by atoms with E-state index in [0.717, 1.165) is 44.0 Å². The highest BCUT2D eigenvalue weighted by Crippen LogP contribution is 2.27. The van der Waals surface area contributed by atoms with Gasteiger partial charge in [0.25, 0.3) is 0 Å². The van der Waals surface area contributed by atoms with E-state index in [4.69, 9.17) is 16.6 Å². The third-order valence-corrected chi connectivity index (χ3v) is 6.33. The molecule has 0 bridgehead atoms. The zero-order valence-corrected chi connectivity index (χ0v) is 19.2. The normalized spacial score (nSPS) is 15.7. The highest BCUT2D eigenvalue weighted by molar-refractivity contribution is 6.31. The number of anilines is 3. The maximum atomic E-state index is 6.42. The van der Waals surface area contributed by atoms with E-state index in [2.05, 4.69) is 83.5 Å². The zero-order chi connectivity index (χ0) is 21.8. The molecule has 0 amide bonds. The lowest BCUT2D eigenvalue weighted by molar-refractivity contribution is 0.313. The second kappa shape index (κ2) is 9.67. The Kier molecular flexibility index (Phi) is 6.73. The summed E-state index contributed by atoms with van der Waals surface area (Å²) in [7, 11) is 2.18. The van der Waals surface area contributed by atoms with Gasteiger partial charge in [0.2, 0.25) is 5.95 Å². The van der Waals surface area contributed by atoms with Crippen LogP contribution in [0.5, 0.6) is 0 Å². The third kappa shape index (κ3) is 5.35. The molecule has 4 rings (SSSR count). The lowest BCUT2D eigenvalue weighted by Gasteiger charge is -2.34. The van der Waals surface area contributed by atoms with Crippen LogP contribution in [-0.2, 0) is 6.42 Å². The Labute approximate surface area is 190 Å². The molecule has 0 spiro atoms. The van der Waals surface area contributed by atoms with E-state index in [1.165, 1.54) is 16.8 Å². The van der Waals surface area contributed by atoms with Crippen LogP contribution in [0.1, 0.15) is 29.7 Å². The molecule has 1 fully saturated rings. The Morgan fingerprint density at radius 1 is 1.06 bits per heavy atom. The summed E-state index contributed by atoms with van der Waals surface area (Å²) < 4.78 is 0. The number of hydrogen-bond donors (Lipinski definition) is 1. The van der Waals surface area contributed by atoms with E-state index in [-0.39, 0.29) is 0 Å². The van der Waals surface area contributed by atoms with Gasteiger partial charge in [0.1, 0.15) is 0 Å². The van der Waals surface area contributed by atoms with Crippen LogP contribution < -0.4 is 10.2 Å². The predicted octanol–water partition coefficient (Wildman–Crippen LogP) is 5.28. The molecule has 0 saturated carbocycles. The largest absolute Gasteiger partial charge is 0.369 e. The first-order valence-electron chi connectivity index (χ1n) is 10.9. The molecule has 1 aliphatic heterocycles. The van der Waals surface area contributed by atoms with Gasteiger partial charge in [-0.1, -0.05) is 48.9 Å². The van der Waals surface area contributed by atoms with Gasteiger partial charge in [-0.15, -0.1) is 0 Å². The SMILES string of the molecule is Cc1cc(N2CCN(C)CC2)ccc1Nc1ncc(Cl)c(C[C@H](C)c2ccccc2)n1. The quantitative estimate of drug-likeness (QED) is 0.570.